The van der Waals surface area contributed by atoms with Crippen molar-refractivity contribution in [2.75, 3.05) is 3.71 Å². The predicted octanol–water partition coefficient (Wildman–Crippen LogP) is 0.207. The number of hydrogen-bond acceptors (Lipinski definition) is 4. The van der Waals surface area contributed by atoms with Crippen LogP contribution in [0.3, 0.4) is 0 Å². The van der Waals surface area contributed by atoms with Gasteiger partial charge in [-0.25, -0.2) is 10.3 Å². The molecule has 0 bridgehead atoms. The summed E-state index contributed by atoms with van der Waals surface area (Å²) in [5, 5.41) is 9.17. The third-order valence-electron chi connectivity index (χ3n) is 1.59. The van der Waals surface area contributed by atoms with Gasteiger partial charge in [-0.1, -0.05) is 29.3 Å². The maximum absolute atomic E-state index is 11.2. The lowest BCUT2D eigenvalue weighted by Crippen LogP contribution is -2.45. The summed E-state index contributed by atoms with van der Waals surface area (Å²) in [7, 11) is -9.28. The maximum Gasteiger partial charge on any atom is 0.313 e. The summed E-state index contributed by atoms with van der Waals surface area (Å²) >= 11 is 11.3. The van der Waals surface area contributed by atoms with E-state index in [0.29, 0.717) is 0 Å². The van der Waals surface area contributed by atoms with Crippen molar-refractivity contribution in [3.63, 3.8) is 0 Å². The zero-order valence-electron chi connectivity index (χ0n) is 8.04. The Balaban J connectivity index is 3.62. The van der Waals surface area contributed by atoms with Crippen LogP contribution < -0.4 is 14.0 Å². The van der Waals surface area contributed by atoms with Gasteiger partial charge in [0.25, 0.3) is 0 Å². The molecule has 0 aromatic heterocycles. The molecule has 0 radical (unpaired) electrons. The minimum atomic E-state index is -4.64. The van der Waals surface area contributed by atoms with Crippen LogP contribution in [0.15, 0.2) is 18.2 Å². The van der Waals surface area contributed by atoms with Crippen molar-refractivity contribution in [1.29, 1.82) is 0 Å². The van der Waals surface area contributed by atoms with Crippen molar-refractivity contribution in [2.45, 2.75) is 0 Å². The first-order valence-electron chi connectivity index (χ1n) is 3.85. The first-order chi connectivity index (χ1) is 7.55. The first-order valence-corrected chi connectivity index (χ1v) is 7.61. The molecule has 11 heteroatoms. The number of hydrogen-bond donors (Lipinski definition) is 2. The van der Waals surface area contributed by atoms with E-state index in [2.05, 4.69) is 0 Å². The number of anilines is 1. The number of benzene rings is 1. The summed E-state index contributed by atoms with van der Waals surface area (Å²) < 4.78 is 44.5. The van der Waals surface area contributed by atoms with Crippen molar-refractivity contribution in [3.8, 4) is 0 Å². The monoisotopic (exact) mass is 319 g/mol. The van der Waals surface area contributed by atoms with Crippen LogP contribution in [0.2, 0.25) is 10.0 Å². The molecule has 1 aromatic carbocycles. The second-order valence-electron chi connectivity index (χ2n) is 2.86. The first kappa shape index (κ1) is 14.5. The number of nitrogens with two attached hydrogens (primary N) is 2. The van der Waals surface area contributed by atoms with Gasteiger partial charge in [-0.15, -0.1) is 3.71 Å². The Kier molecular flexibility index (Phi) is 3.91. The summed E-state index contributed by atoms with van der Waals surface area (Å²) in [6, 6.07) is 3.74. The lowest BCUT2D eigenvalue weighted by atomic mass is 10.3. The van der Waals surface area contributed by atoms with Gasteiger partial charge in [-0.2, -0.15) is 16.8 Å². The molecule has 0 aliphatic rings. The fraction of sp³-hybridized carbons (Fsp3) is 0. The van der Waals surface area contributed by atoms with E-state index in [9.17, 15) is 16.8 Å². The van der Waals surface area contributed by atoms with Crippen LogP contribution in [0.1, 0.15) is 0 Å². The average Bonchev–Trinajstić information content (AvgIpc) is 2.08. The average molecular weight is 320 g/mol. The molecular formula is C6H7Cl2N3O4S2. The minimum Gasteiger partial charge on any atom is -0.210 e. The van der Waals surface area contributed by atoms with Gasteiger partial charge in [-0.3, -0.25) is 0 Å². The molecule has 0 heterocycles. The lowest BCUT2D eigenvalue weighted by molar-refractivity contribution is 0.586. The third-order valence-corrected chi connectivity index (χ3v) is 4.96. The quantitative estimate of drug-likeness (QED) is 0.826. The van der Waals surface area contributed by atoms with Gasteiger partial charge in [0.1, 0.15) is 0 Å². The van der Waals surface area contributed by atoms with E-state index in [1.807, 2.05) is 0 Å². The SMILES string of the molecule is NS(=O)(=O)N(c1cccc(Cl)c1Cl)S(N)(=O)=O. The molecule has 0 atom stereocenters. The Morgan fingerprint density at radius 2 is 1.47 bits per heavy atom. The van der Waals surface area contributed by atoms with E-state index < -0.39 is 26.1 Å². The molecule has 4 N–H and O–H groups in total. The fourth-order valence-corrected chi connectivity index (χ4v) is 3.54. The largest absolute Gasteiger partial charge is 0.313 e. The molecule has 0 spiro atoms. The van der Waals surface area contributed by atoms with Crippen molar-refractivity contribution in [3.05, 3.63) is 28.2 Å². The zero-order valence-corrected chi connectivity index (χ0v) is 11.2. The maximum atomic E-state index is 11.2. The van der Waals surface area contributed by atoms with Gasteiger partial charge in [0.05, 0.1) is 15.7 Å². The fourth-order valence-electron chi connectivity index (χ4n) is 1.05. The van der Waals surface area contributed by atoms with Crippen molar-refractivity contribution in [1.82, 2.24) is 0 Å². The summed E-state index contributed by atoms with van der Waals surface area (Å²) in [4.78, 5) is 0. The second kappa shape index (κ2) is 4.59. The van der Waals surface area contributed by atoms with E-state index in [1.54, 1.807) is 0 Å². The highest BCUT2D eigenvalue weighted by atomic mass is 35.5. The van der Waals surface area contributed by atoms with Crippen LogP contribution in [-0.4, -0.2) is 16.8 Å². The van der Waals surface area contributed by atoms with Gasteiger partial charge in [0.2, 0.25) is 0 Å². The normalized spacial score (nSPS) is 12.5. The van der Waals surface area contributed by atoms with Gasteiger partial charge >= 0.3 is 20.4 Å². The molecular weight excluding hydrogens is 313 g/mol. The number of nitrogens with zero attached hydrogens (tertiary/aromatic N) is 1. The Labute approximate surface area is 108 Å². The molecule has 1 rings (SSSR count). The molecule has 17 heavy (non-hydrogen) atoms. The molecule has 1 aromatic rings. The smallest absolute Gasteiger partial charge is 0.210 e. The molecule has 0 saturated heterocycles. The topological polar surface area (TPSA) is 124 Å². The van der Waals surface area contributed by atoms with Crippen molar-refractivity contribution < 1.29 is 16.8 Å². The van der Waals surface area contributed by atoms with Gasteiger partial charge in [0.15, 0.2) is 0 Å². The highest BCUT2D eigenvalue weighted by Gasteiger charge is 2.31. The van der Waals surface area contributed by atoms with E-state index >= 15 is 0 Å². The van der Waals surface area contributed by atoms with Crippen LogP contribution in [0.5, 0.6) is 0 Å². The van der Waals surface area contributed by atoms with Crippen LogP contribution in [0.25, 0.3) is 0 Å². The third kappa shape index (κ3) is 3.21. The summed E-state index contributed by atoms with van der Waals surface area (Å²) in [6.07, 6.45) is 0. The Bertz CT molecular complexity index is 611. The summed E-state index contributed by atoms with van der Waals surface area (Å²) in [5.74, 6) is 0. The van der Waals surface area contributed by atoms with Crippen molar-refractivity contribution >= 4 is 49.3 Å². The highest BCUT2D eigenvalue weighted by Crippen LogP contribution is 2.34. The van der Waals surface area contributed by atoms with Crippen LogP contribution >= 0.6 is 23.2 Å². The van der Waals surface area contributed by atoms with Crippen LogP contribution in [0.4, 0.5) is 5.69 Å². The number of halogens is 2. The van der Waals surface area contributed by atoms with E-state index in [1.165, 1.54) is 12.1 Å². The molecule has 96 valence electrons. The highest BCUT2D eigenvalue weighted by molar-refractivity contribution is 8.08. The standard InChI is InChI=1S/C6H7Cl2N3O4S2/c7-4-2-1-3-5(6(4)8)11(16(9,12)13)17(10,14)15/h1-3H,(H2,9,12,13)(H2,10,14,15). The van der Waals surface area contributed by atoms with Crippen LogP contribution in [0, 0.1) is 0 Å². The predicted molar refractivity (Wildman–Crippen MR) is 65.2 cm³/mol. The molecule has 0 saturated carbocycles. The van der Waals surface area contributed by atoms with Gasteiger partial charge < -0.3 is 0 Å². The molecule has 0 aliphatic heterocycles. The summed E-state index contributed by atoms with van der Waals surface area (Å²) in [6.45, 7) is 0. The van der Waals surface area contributed by atoms with E-state index in [0.717, 1.165) is 6.07 Å². The van der Waals surface area contributed by atoms with E-state index in [-0.39, 0.29) is 13.8 Å². The Hall–Kier alpha value is -0.580. The van der Waals surface area contributed by atoms with Gasteiger partial charge in [0, 0.05) is 0 Å². The lowest BCUT2D eigenvalue weighted by Gasteiger charge is -2.19. The summed E-state index contributed by atoms with van der Waals surface area (Å²) in [5.41, 5.74) is -0.441. The molecule has 0 amide bonds. The second-order valence-corrected chi connectivity index (χ2v) is 6.67. The molecule has 0 unspecified atom stereocenters. The zero-order chi connectivity index (χ0) is 13.4. The van der Waals surface area contributed by atoms with Crippen molar-refractivity contribution in [2.24, 2.45) is 10.3 Å². The molecule has 7 nitrogen and oxygen atoms in total. The van der Waals surface area contributed by atoms with Crippen LogP contribution in [-0.2, 0) is 20.4 Å². The number of rotatable bonds is 3. The molecule has 0 fully saturated rings. The van der Waals surface area contributed by atoms with Gasteiger partial charge in [-0.05, 0) is 12.1 Å². The Morgan fingerprint density at radius 1 is 1.00 bits per heavy atom. The van der Waals surface area contributed by atoms with E-state index in [4.69, 9.17) is 33.5 Å². The molecule has 0 aliphatic carbocycles. The minimum absolute atomic E-state index is 0.0403. The Morgan fingerprint density at radius 3 is 1.88 bits per heavy atom.